The largest absolute Gasteiger partial charge is 0.510 e. The van der Waals surface area contributed by atoms with Gasteiger partial charge in [0.2, 0.25) is 11.7 Å². The number of aromatic hydroxyl groups is 1. The number of amides is 2. The van der Waals surface area contributed by atoms with Crippen molar-refractivity contribution in [2.75, 3.05) is 73.1 Å². The van der Waals surface area contributed by atoms with E-state index < -0.39 is 75.7 Å². The van der Waals surface area contributed by atoms with Crippen LogP contribution in [-0.4, -0.2) is 139 Å². The topological polar surface area (TPSA) is 200 Å². The lowest BCUT2D eigenvalue weighted by molar-refractivity contribution is -0.154. The van der Waals surface area contributed by atoms with Gasteiger partial charge in [-0.25, -0.2) is 0 Å². The van der Waals surface area contributed by atoms with Crippen LogP contribution in [-0.2, 0) is 20.8 Å². The number of rotatable bonds is 7. The number of carbonyl (C=O) groups excluding carboxylic acids is 4. The van der Waals surface area contributed by atoms with Crippen LogP contribution < -0.4 is 16.0 Å². The van der Waals surface area contributed by atoms with Gasteiger partial charge in [0, 0.05) is 43.2 Å². The van der Waals surface area contributed by atoms with Gasteiger partial charge in [-0.05, 0) is 60.3 Å². The van der Waals surface area contributed by atoms with Gasteiger partial charge >= 0.3 is 0 Å². The van der Waals surface area contributed by atoms with E-state index in [0.717, 1.165) is 0 Å². The molecule has 0 spiro atoms. The monoisotopic (exact) mass is 600 g/mol. The molecule has 0 radical (unpaired) electrons. The molecule has 14 heteroatoms. The molecular weight excluding hydrogens is 560 g/mol. The van der Waals surface area contributed by atoms with Crippen molar-refractivity contribution in [3.8, 4) is 5.75 Å². The van der Waals surface area contributed by atoms with Crippen LogP contribution >= 0.6 is 0 Å². The summed E-state index contributed by atoms with van der Waals surface area (Å²) in [5, 5.41) is 49.0. The van der Waals surface area contributed by atoms with Crippen LogP contribution in [0.3, 0.4) is 0 Å². The van der Waals surface area contributed by atoms with Gasteiger partial charge in [-0.3, -0.25) is 24.1 Å². The van der Waals surface area contributed by atoms with Crippen LogP contribution in [0.1, 0.15) is 15.9 Å². The summed E-state index contributed by atoms with van der Waals surface area (Å²) in [5.74, 6) is -8.08. The summed E-state index contributed by atoms with van der Waals surface area (Å²) in [6.45, 7) is 0.00638. The smallest absolute Gasteiger partial charge is 0.255 e. The molecule has 0 unspecified atom stereocenters. The Labute approximate surface area is 249 Å². The highest BCUT2D eigenvalue weighted by atomic mass is 16.3. The molecule has 0 fully saturated rings. The maximum Gasteiger partial charge on any atom is 0.255 e. The standard InChI is InChI=1S/C29H40N6O8/c1-32(2)11-16(36)31-14-10-15(33(3)4)12-9-13-18(24(38)17(12)23(14)37)26(40)29(43)20(21(13)34(5)6)22(35(7)8)25(39)19(27(29)41)28(30)42/h10,13,20-22,37,39-40,43H,9,11H2,1-8H3,(H2,30,42)(H,31,36)/t13-,20+,21+,22+,29+/m1/s1. The fourth-order valence-electron chi connectivity index (χ4n) is 6.96. The molecule has 3 aliphatic rings. The van der Waals surface area contributed by atoms with E-state index in [-0.39, 0.29) is 29.8 Å². The van der Waals surface area contributed by atoms with Crippen molar-refractivity contribution in [2.24, 2.45) is 17.6 Å². The molecule has 0 heterocycles. The summed E-state index contributed by atoms with van der Waals surface area (Å²) in [4.78, 5) is 59.6. The van der Waals surface area contributed by atoms with E-state index in [1.165, 1.54) is 4.90 Å². The normalized spacial score (nSPS) is 27.0. The van der Waals surface area contributed by atoms with Crippen LogP contribution in [0.25, 0.3) is 0 Å². The van der Waals surface area contributed by atoms with E-state index in [0.29, 0.717) is 11.3 Å². The van der Waals surface area contributed by atoms with Gasteiger partial charge in [0.25, 0.3) is 5.91 Å². The molecule has 5 atom stereocenters. The zero-order valence-electron chi connectivity index (χ0n) is 25.6. The van der Waals surface area contributed by atoms with Crippen molar-refractivity contribution >= 4 is 34.8 Å². The third-order valence-corrected chi connectivity index (χ3v) is 8.59. The van der Waals surface area contributed by atoms with Crippen LogP contribution in [0.2, 0.25) is 0 Å². The van der Waals surface area contributed by atoms with Gasteiger partial charge in [0.05, 0.1) is 23.8 Å². The first-order chi connectivity index (χ1) is 19.9. The summed E-state index contributed by atoms with van der Waals surface area (Å²) in [6.07, 6.45) is 0.0877. The Hall–Kier alpha value is -3.98. The molecular formula is C29H40N6O8. The number of hydrogen-bond donors (Lipinski definition) is 6. The molecule has 1 aromatic carbocycles. The molecule has 0 aromatic heterocycles. The van der Waals surface area contributed by atoms with Crippen molar-refractivity contribution in [3.05, 3.63) is 39.9 Å². The molecule has 0 bridgehead atoms. The Morgan fingerprint density at radius 1 is 1.02 bits per heavy atom. The predicted molar refractivity (Wildman–Crippen MR) is 158 cm³/mol. The second-order valence-electron chi connectivity index (χ2n) is 12.3. The van der Waals surface area contributed by atoms with E-state index >= 15 is 0 Å². The molecule has 2 amide bonds. The summed E-state index contributed by atoms with van der Waals surface area (Å²) in [6, 6.07) is -0.417. The van der Waals surface area contributed by atoms with Gasteiger partial charge in [-0.15, -0.1) is 0 Å². The summed E-state index contributed by atoms with van der Waals surface area (Å²) < 4.78 is 0. The average Bonchev–Trinajstić information content (AvgIpc) is 2.86. The highest BCUT2D eigenvalue weighted by molar-refractivity contribution is 6.25. The van der Waals surface area contributed by atoms with Crippen LogP contribution in [0.15, 0.2) is 28.7 Å². The third kappa shape index (κ3) is 4.74. The Morgan fingerprint density at radius 2 is 1.63 bits per heavy atom. The number of fused-ring (bicyclic) bond motifs is 3. The molecule has 0 saturated heterocycles. The van der Waals surface area contributed by atoms with Gasteiger partial charge in [0.1, 0.15) is 17.1 Å². The van der Waals surface area contributed by atoms with Gasteiger partial charge in [0.15, 0.2) is 17.1 Å². The molecule has 234 valence electrons. The van der Waals surface area contributed by atoms with Crippen molar-refractivity contribution in [1.82, 2.24) is 14.7 Å². The summed E-state index contributed by atoms with van der Waals surface area (Å²) >= 11 is 0. The Morgan fingerprint density at radius 3 is 2.12 bits per heavy atom. The molecule has 43 heavy (non-hydrogen) atoms. The molecule has 1 aromatic rings. The number of hydrogen-bond acceptors (Lipinski definition) is 12. The van der Waals surface area contributed by atoms with E-state index in [4.69, 9.17) is 5.73 Å². The third-order valence-electron chi connectivity index (χ3n) is 8.59. The molecule has 0 saturated carbocycles. The van der Waals surface area contributed by atoms with Gasteiger partial charge in [-0.2, -0.15) is 0 Å². The Kier molecular flexibility index (Phi) is 8.13. The average molecular weight is 601 g/mol. The maximum absolute atomic E-state index is 14.3. The van der Waals surface area contributed by atoms with E-state index in [2.05, 4.69) is 5.32 Å². The van der Waals surface area contributed by atoms with Gasteiger partial charge < -0.3 is 46.2 Å². The molecule has 7 N–H and O–H groups in total. The number of primary amides is 1. The number of nitrogens with one attached hydrogen (secondary N) is 1. The number of phenols is 1. The predicted octanol–water partition coefficient (Wildman–Crippen LogP) is -0.773. The minimum atomic E-state index is -2.81. The minimum Gasteiger partial charge on any atom is -0.510 e. The van der Waals surface area contributed by atoms with Crippen molar-refractivity contribution in [2.45, 2.75) is 24.1 Å². The maximum atomic E-state index is 14.3. The number of aliphatic hydroxyl groups is 3. The van der Waals surface area contributed by atoms with Crippen molar-refractivity contribution in [3.63, 3.8) is 0 Å². The van der Waals surface area contributed by atoms with E-state index in [9.17, 15) is 39.6 Å². The molecule has 14 nitrogen and oxygen atoms in total. The number of nitrogens with two attached hydrogens (primary N) is 1. The van der Waals surface area contributed by atoms with E-state index in [1.54, 1.807) is 77.1 Å². The number of likely N-dealkylation sites (N-methyl/N-ethyl adjacent to an activating group) is 2. The Bertz CT molecular complexity index is 1480. The highest BCUT2D eigenvalue weighted by Crippen LogP contribution is 2.55. The number of phenolic OH excluding ortho intramolecular Hbond substituents is 1. The second-order valence-corrected chi connectivity index (χ2v) is 12.3. The number of nitrogens with zero attached hydrogens (tertiary/aromatic N) is 4. The first kappa shape index (κ1) is 31.9. The molecule has 0 aliphatic heterocycles. The lowest BCUT2D eigenvalue weighted by Gasteiger charge is -2.55. The highest BCUT2D eigenvalue weighted by Gasteiger charge is 2.67. The first-order valence-corrected chi connectivity index (χ1v) is 13.7. The van der Waals surface area contributed by atoms with Crippen molar-refractivity contribution < 1.29 is 39.6 Å². The minimum absolute atomic E-state index is 0.00638. The number of carbonyl (C=O) groups is 4. The molecule has 4 rings (SSSR count). The number of aliphatic hydroxyl groups excluding tert-OH is 2. The summed E-state index contributed by atoms with van der Waals surface area (Å²) in [7, 11) is 13.4. The van der Waals surface area contributed by atoms with Crippen molar-refractivity contribution in [1.29, 1.82) is 0 Å². The fraction of sp³-hybridized carbons (Fsp3) is 0.517. The zero-order chi connectivity index (χ0) is 32.5. The Balaban J connectivity index is 2.03. The second kappa shape index (κ2) is 10.9. The lowest BCUT2D eigenvalue weighted by Crippen LogP contribution is -2.70. The van der Waals surface area contributed by atoms with E-state index in [1.807, 2.05) is 0 Å². The fourth-order valence-corrected chi connectivity index (χ4v) is 6.96. The van der Waals surface area contributed by atoms with Crippen LogP contribution in [0.4, 0.5) is 11.4 Å². The number of anilines is 2. The number of ketones is 2. The SMILES string of the molecule is CN(C)CC(=O)Nc1cc(N(C)C)c2c(c1O)C(=O)C1=C(O)[C@]3(O)C(=O)C(C(N)=O)=C(O)[C@@H](N(C)C)[C@@H]3[C@@H](N(C)C)[C@@H]1C2. The number of benzene rings is 1. The quantitative estimate of drug-likeness (QED) is 0.169. The van der Waals surface area contributed by atoms with Crippen LogP contribution in [0.5, 0.6) is 5.75 Å². The number of Topliss-reactive ketones (excluding diaryl/α,β-unsaturated/α-hetero) is 2. The lowest BCUT2D eigenvalue weighted by atomic mass is 9.56. The van der Waals surface area contributed by atoms with Crippen LogP contribution in [0, 0.1) is 11.8 Å². The molecule has 3 aliphatic carbocycles. The first-order valence-electron chi connectivity index (χ1n) is 13.7. The zero-order valence-corrected chi connectivity index (χ0v) is 25.6. The van der Waals surface area contributed by atoms with Gasteiger partial charge in [-0.1, -0.05) is 0 Å². The summed E-state index contributed by atoms with van der Waals surface area (Å²) in [5.41, 5.74) is 2.22.